The number of nitrogens with zero attached hydrogens (tertiary/aromatic N) is 2. The Labute approximate surface area is 142 Å². The zero-order valence-electron chi connectivity index (χ0n) is 13.7. The highest BCUT2D eigenvalue weighted by Gasteiger charge is 2.26. The van der Waals surface area contributed by atoms with Crippen LogP contribution in [-0.2, 0) is 4.74 Å². The molecule has 1 N–H and O–H groups in total. The van der Waals surface area contributed by atoms with Gasteiger partial charge in [-0.3, -0.25) is 9.69 Å². The van der Waals surface area contributed by atoms with Crippen LogP contribution in [0.15, 0.2) is 17.5 Å². The third kappa shape index (κ3) is 4.76. The van der Waals surface area contributed by atoms with Gasteiger partial charge in [0.15, 0.2) is 0 Å². The van der Waals surface area contributed by atoms with Crippen LogP contribution in [0.2, 0.25) is 0 Å². The van der Waals surface area contributed by atoms with Gasteiger partial charge in [0, 0.05) is 38.8 Å². The average molecular weight is 337 g/mol. The predicted molar refractivity (Wildman–Crippen MR) is 93.1 cm³/mol. The van der Waals surface area contributed by atoms with Crippen LogP contribution >= 0.6 is 11.3 Å². The van der Waals surface area contributed by atoms with Crippen LogP contribution in [0.4, 0.5) is 0 Å². The van der Waals surface area contributed by atoms with E-state index in [4.69, 9.17) is 4.74 Å². The Morgan fingerprint density at radius 3 is 3.00 bits per heavy atom. The highest BCUT2D eigenvalue weighted by Crippen LogP contribution is 2.18. The summed E-state index contributed by atoms with van der Waals surface area (Å²) in [5.74, 6) is 0.204. The molecule has 6 heteroatoms. The van der Waals surface area contributed by atoms with Gasteiger partial charge in [-0.25, -0.2) is 0 Å². The van der Waals surface area contributed by atoms with E-state index in [2.05, 4.69) is 15.1 Å². The second kappa shape index (κ2) is 8.78. The molecule has 0 spiro atoms. The standard InChI is InChI=1S/C17H27N3O2S/c21-17(16-5-2-13-23-16)20(15-4-1-6-18-14-15)8-3-7-19-9-11-22-12-10-19/h2,5,13,15,18H,1,3-4,6-12,14H2. The Kier molecular flexibility index (Phi) is 6.45. The maximum absolute atomic E-state index is 12.9. The second-order valence-corrected chi connectivity index (χ2v) is 7.23. The molecule has 3 heterocycles. The third-order valence-electron chi connectivity index (χ3n) is 4.68. The molecular formula is C17H27N3O2S. The summed E-state index contributed by atoms with van der Waals surface area (Å²) in [4.78, 5) is 18.3. The molecule has 1 unspecified atom stereocenters. The monoisotopic (exact) mass is 337 g/mol. The highest BCUT2D eigenvalue weighted by molar-refractivity contribution is 7.12. The molecule has 2 aliphatic heterocycles. The van der Waals surface area contributed by atoms with Crippen molar-refractivity contribution in [2.45, 2.75) is 25.3 Å². The number of nitrogens with one attached hydrogen (secondary N) is 1. The third-order valence-corrected chi connectivity index (χ3v) is 5.54. The number of hydrogen-bond acceptors (Lipinski definition) is 5. The largest absolute Gasteiger partial charge is 0.379 e. The van der Waals surface area contributed by atoms with Gasteiger partial charge in [-0.1, -0.05) is 6.07 Å². The molecule has 128 valence electrons. The van der Waals surface area contributed by atoms with Crippen LogP contribution in [0.5, 0.6) is 0 Å². The number of piperidine rings is 1. The van der Waals surface area contributed by atoms with E-state index in [0.717, 1.165) is 76.6 Å². The lowest BCUT2D eigenvalue weighted by Gasteiger charge is -2.35. The van der Waals surface area contributed by atoms with Crippen molar-refractivity contribution >= 4 is 17.2 Å². The number of carbonyl (C=O) groups is 1. The van der Waals surface area contributed by atoms with Gasteiger partial charge in [-0.15, -0.1) is 11.3 Å². The van der Waals surface area contributed by atoms with Crippen molar-refractivity contribution in [2.75, 3.05) is 52.5 Å². The minimum Gasteiger partial charge on any atom is -0.379 e. The first-order chi connectivity index (χ1) is 11.3. The first kappa shape index (κ1) is 16.9. The van der Waals surface area contributed by atoms with Gasteiger partial charge < -0.3 is 15.0 Å². The van der Waals surface area contributed by atoms with Crippen molar-refractivity contribution in [1.29, 1.82) is 0 Å². The average Bonchev–Trinajstić information content (AvgIpc) is 3.15. The molecule has 0 bridgehead atoms. The molecule has 0 radical (unpaired) electrons. The predicted octanol–water partition coefficient (Wildman–Crippen LogP) is 1.66. The molecule has 1 aromatic heterocycles. The van der Waals surface area contributed by atoms with Crippen molar-refractivity contribution in [3.05, 3.63) is 22.4 Å². The lowest BCUT2D eigenvalue weighted by molar-refractivity contribution is 0.0343. The van der Waals surface area contributed by atoms with Gasteiger partial charge in [0.25, 0.3) is 5.91 Å². The quantitative estimate of drug-likeness (QED) is 0.858. The van der Waals surface area contributed by atoms with Gasteiger partial charge in [-0.05, 0) is 37.3 Å². The van der Waals surface area contributed by atoms with Gasteiger partial charge >= 0.3 is 0 Å². The Morgan fingerprint density at radius 2 is 2.30 bits per heavy atom. The van der Waals surface area contributed by atoms with E-state index in [9.17, 15) is 4.79 Å². The number of morpholine rings is 1. The summed E-state index contributed by atoms with van der Waals surface area (Å²) in [7, 11) is 0. The molecule has 0 saturated carbocycles. The summed E-state index contributed by atoms with van der Waals surface area (Å²) >= 11 is 1.55. The van der Waals surface area contributed by atoms with E-state index in [-0.39, 0.29) is 5.91 Å². The number of amides is 1. The van der Waals surface area contributed by atoms with Crippen molar-refractivity contribution in [3.63, 3.8) is 0 Å². The van der Waals surface area contributed by atoms with E-state index in [1.54, 1.807) is 11.3 Å². The molecular weight excluding hydrogens is 310 g/mol. The molecule has 23 heavy (non-hydrogen) atoms. The summed E-state index contributed by atoms with van der Waals surface area (Å²) in [6, 6.07) is 4.24. The normalized spacial score (nSPS) is 22.9. The Hall–Kier alpha value is -0.950. The zero-order chi connectivity index (χ0) is 15.9. The maximum atomic E-state index is 12.9. The molecule has 3 rings (SSSR count). The Balaban J connectivity index is 1.56. The number of ether oxygens (including phenoxy) is 1. The lowest BCUT2D eigenvalue weighted by Crippen LogP contribution is -2.49. The van der Waals surface area contributed by atoms with Crippen molar-refractivity contribution < 1.29 is 9.53 Å². The molecule has 1 aromatic rings. The van der Waals surface area contributed by atoms with E-state index in [1.165, 1.54) is 0 Å². The van der Waals surface area contributed by atoms with Crippen molar-refractivity contribution in [1.82, 2.24) is 15.1 Å². The van der Waals surface area contributed by atoms with Crippen molar-refractivity contribution in [3.8, 4) is 0 Å². The number of hydrogen-bond donors (Lipinski definition) is 1. The fourth-order valence-corrected chi connectivity index (χ4v) is 4.06. The summed E-state index contributed by atoms with van der Waals surface area (Å²) in [6.07, 6.45) is 3.30. The Morgan fingerprint density at radius 1 is 1.43 bits per heavy atom. The molecule has 1 atom stereocenters. The Bertz CT molecular complexity index is 468. The van der Waals surface area contributed by atoms with Gasteiger partial charge in [0.2, 0.25) is 0 Å². The van der Waals surface area contributed by atoms with E-state index < -0.39 is 0 Å². The van der Waals surface area contributed by atoms with E-state index in [0.29, 0.717) is 6.04 Å². The molecule has 0 aliphatic carbocycles. The molecule has 2 saturated heterocycles. The van der Waals surface area contributed by atoms with Crippen LogP contribution in [0.1, 0.15) is 28.9 Å². The molecule has 5 nitrogen and oxygen atoms in total. The number of carbonyl (C=O) groups excluding carboxylic acids is 1. The molecule has 0 aromatic carbocycles. The summed E-state index contributed by atoms with van der Waals surface area (Å²) < 4.78 is 5.40. The molecule has 1 amide bonds. The van der Waals surface area contributed by atoms with Gasteiger partial charge in [0.1, 0.15) is 0 Å². The van der Waals surface area contributed by atoms with Crippen molar-refractivity contribution in [2.24, 2.45) is 0 Å². The maximum Gasteiger partial charge on any atom is 0.264 e. The van der Waals surface area contributed by atoms with Crippen LogP contribution in [0.25, 0.3) is 0 Å². The van der Waals surface area contributed by atoms with Crippen LogP contribution < -0.4 is 5.32 Å². The molecule has 2 fully saturated rings. The first-order valence-electron chi connectivity index (χ1n) is 8.70. The minimum absolute atomic E-state index is 0.204. The number of thiophene rings is 1. The number of rotatable bonds is 6. The first-order valence-corrected chi connectivity index (χ1v) is 9.58. The fourth-order valence-electron chi connectivity index (χ4n) is 3.38. The fraction of sp³-hybridized carbons (Fsp3) is 0.706. The van der Waals surface area contributed by atoms with Gasteiger partial charge in [0.05, 0.1) is 18.1 Å². The summed E-state index contributed by atoms with van der Waals surface area (Å²) in [6.45, 7) is 7.61. The van der Waals surface area contributed by atoms with E-state index >= 15 is 0 Å². The van der Waals surface area contributed by atoms with Crippen LogP contribution in [0.3, 0.4) is 0 Å². The highest BCUT2D eigenvalue weighted by atomic mass is 32.1. The summed E-state index contributed by atoms with van der Waals surface area (Å²) in [5.41, 5.74) is 0. The molecule has 2 aliphatic rings. The SMILES string of the molecule is O=C(c1cccs1)N(CCCN1CCOCC1)C1CCCNC1. The van der Waals surface area contributed by atoms with Crippen LogP contribution in [-0.4, -0.2) is 74.2 Å². The topological polar surface area (TPSA) is 44.8 Å². The lowest BCUT2D eigenvalue weighted by atomic mass is 10.1. The zero-order valence-corrected chi connectivity index (χ0v) is 14.5. The smallest absolute Gasteiger partial charge is 0.264 e. The van der Waals surface area contributed by atoms with Gasteiger partial charge in [-0.2, -0.15) is 0 Å². The minimum atomic E-state index is 0.204. The second-order valence-electron chi connectivity index (χ2n) is 6.28. The van der Waals surface area contributed by atoms with E-state index in [1.807, 2.05) is 17.5 Å². The summed E-state index contributed by atoms with van der Waals surface area (Å²) in [5, 5.41) is 5.42. The van der Waals surface area contributed by atoms with Crippen LogP contribution in [0, 0.1) is 0 Å².